The first-order chi connectivity index (χ1) is 9.10. The van der Waals surface area contributed by atoms with E-state index >= 15 is 0 Å². The zero-order valence-corrected chi connectivity index (χ0v) is 12.0. The number of halogens is 2. The van der Waals surface area contributed by atoms with Crippen molar-refractivity contribution >= 4 is 15.9 Å². The van der Waals surface area contributed by atoms with Crippen LogP contribution in [-0.4, -0.2) is 12.2 Å². The van der Waals surface area contributed by atoms with Crippen molar-refractivity contribution in [2.24, 2.45) is 0 Å². The summed E-state index contributed by atoms with van der Waals surface area (Å²) in [5.41, 5.74) is 1.65. The molecule has 2 nitrogen and oxygen atoms in total. The minimum Gasteiger partial charge on any atom is -0.494 e. The largest absolute Gasteiger partial charge is 0.494 e. The van der Waals surface area contributed by atoms with Crippen LogP contribution in [-0.2, 0) is 6.42 Å². The van der Waals surface area contributed by atoms with Crippen LogP contribution in [0.15, 0.2) is 46.9 Å². The molecule has 0 fully saturated rings. The van der Waals surface area contributed by atoms with Crippen molar-refractivity contribution in [3.63, 3.8) is 0 Å². The molecule has 2 aromatic rings. The van der Waals surface area contributed by atoms with Gasteiger partial charge in [0.1, 0.15) is 0 Å². The first-order valence-corrected chi connectivity index (χ1v) is 6.65. The molecule has 0 aromatic heterocycles. The van der Waals surface area contributed by atoms with E-state index in [-0.39, 0.29) is 5.75 Å². The highest BCUT2D eigenvalue weighted by atomic mass is 79.9. The fourth-order valence-corrected chi connectivity index (χ4v) is 2.11. The molecule has 1 atom stereocenters. The molecule has 100 valence electrons. The van der Waals surface area contributed by atoms with Gasteiger partial charge in [0.2, 0.25) is 0 Å². The molecule has 0 saturated carbocycles. The quantitative estimate of drug-likeness (QED) is 0.925. The minimum atomic E-state index is -0.685. The van der Waals surface area contributed by atoms with Crippen molar-refractivity contribution in [2.45, 2.75) is 12.5 Å². The molecule has 1 unspecified atom stereocenters. The van der Waals surface area contributed by atoms with Gasteiger partial charge in [0.15, 0.2) is 11.6 Å². The molecule has 1 N–H and O–H groups in total. The third kappa shape index (κ3) is 3.55. The maximum absolute atomic E-state index is 13.3. The summed E-state index contributed by atoms with van der Waals surface area (Å²) in [6, 6.07) is 12.1. The van der Waals surface area contributed by atoms with E-state index in [0.717, 1.165) is 10.0 Å². The van der Waals surface area contributed by atoms with Crippen molar-refractivity contribution in [1.82, 2.24) is 0 Å². The van der Waals surface area contributed by atoms with Crippen LogP contribution in [0.4, 0.5) is 4.39 Å². The highest BCUT2D eigenvalue weighted by Gasteiger charge is 2.12. The molecule has 0 aliphatic carbocycles. The van der Waals surface area contributed by atoms with Gasteiger partial charge in [-0.3, -0.25) is 0 Å². The van der Waals surface area contributed by atoms with Crippen molar-refractivity contribution in [2.75, 3.05) is 7.11 Å². The fraction of sp³-hybridized carbons (Fsp3) is 0.200. The third-order valence-corrected chi connectivity index (χ3v) is 3.43. The van der Waals surface area contributed by atoms with Crippen LogP contribution in [0.5, 0.6) is 5.75 Å². The van der Waals surface area contributed by atoms with E-state index in [0.29, 0.717) is 12.0 Å². The predicted octanol–water partition coefficient (Wildman–Crippen LogP) is 3.87. The lowest BCUT2D eigenvalue weighted by Gasteiger charge is -2.13. The molecule has 0 amide bonds. The Morgan fingerprint density at radius 1 is 1.21 bits per heavy atom. The van der Waals surface area contributed by atoms with Gasteiger partial charge in [-0.1, -0.05) is 34.1 Å². The van der Waals surface area contributed by atoms with Crippen molar-refractivity contribution in [1.29, 1.82) is 0 Å². The second kappa shape index (κ2) is 6.17. The molecular weight excluding hydrogens is 311 g/mol. The first kappa shape index (κ1) is 14.0. The van der Waals surface area contributed by atoms with Gasteiger partial charge < -0.3 is 9.84 Å². The average Bonchev–Trinajstić information content (AvgIpc) is 2.42. The molecule has 0 saturated heterocycles. The van der Waals surface area contributed by atoms with Gasteiger partial charge in [-0.15, -0.1) is 0 Å². The van der Waals surface area contributed by atoms with E-state index in [1.54, 1.807) is 6.07 Å². The minimum absolute atomic E-state index is 0.146. The lowest BCUT2D eigenvalue weighted by atomic mass is 10.0. The lowest BCUT2D eigenvalue weighted by Crippen LogP contribution is -2.02. The highest BCUT2D eigenvalue weighted by Crippen LogP contribution is 2.25. The molecule has 0 radical (unpaired) electrons. The lowest BCUT2D eigenvalue weighted by molar-refractivity contribution is 0.178. The summed E-state index contributed by atoms with van der Waals surface area (Å²) in [6.45, 7) is 0. The fourth-order valence-electron chi connectivity index (χ4n) is 1.85. The van der Waals surface area contributed by atoms with Gasteiger partial charge in [0.05, 0.1) is 13.2 Å². The maximum Gasteiger partial charge on any atom is 0.165 e. The molecule has 0 aliphatic rings. The van der Waals surface area contributed by atoms with Crippen molar-refractivity contribution in [3.05, 3.63) is 63.9 Å². The van der Waals surface area contributed by atoms with Crippen molar-refractivity contribution < 1.29 is 14.2 Å². The van der Waals surface area contributed by atoms with E-state index in [2.05, 4.69) is 15.9 Å². The van der Waals surface area contributed by atoms with E-state index in [9.17, 15) is 9.50 Å². The van der Waals surface area contributed by atoms with E-state index < -0.39 is 11.9 Å². The van der Waals surface area contributed by atoms with E-state index in [4.69, 9.17) is 4.74 Å². The predicted molar refractivity (Wildman–Crippen MR) is 75.8 cm³/mol. The van der Waals surface area contributed by atoms with Crippen LogP contribution in [0.25, 0.3) is 0 Å². The monoisotopic (exact) mass is 324 g/mol. The smallest absolute Gasteiger partial charge is 0.165 e. The molecule has 0 bridgehead atoms. The van der Waals surface area contributed by atoms with Gasteiger partial charge in [-0.2, -0.15) is 0 Å². The van der Waals surface area contributed by atoms with Crippen LogP contribution < -0.4 is 4.74 Å². The Labute approximate surface area is 120 Å². The number of hydrogen-bond donors (Lipinski definition) is 1. The Morgan fingerprint density at radius 3 is 2.53 bits per heavy atom. The zero-order valence-electron chi connectivity index (χ0n) is 10.4. The number of aliphatic hydroxyl groups excluding tert-OH is 1. The van der Waals surface area contributed by atoms with Crippen molar-refractivity contribution in [3.8, 4) is 5.75 Å². The zero-order chi connectivity index (χ0) is 13.8. The number of ether oxygens (including phenoxy) is 1. The molecule has 0 heterocycles. The summed E-state index contributed by atoms with van der Waals surface area (Å²) in [5.74, 6) is -0.283. The molecule has 0 aliphatic heterocycles. The van der Waals surface area contributed by atoms with Gasteiger partial charge in [0, 0.05) is 10.9 Å². The van der Waals surface area contributed by atoms with E-state index in [1.807, 2.05) is 24.3 Å². The van der Waals surface area contributed by atoms with Crippen LogP contribution >= 0.6 is 15.9 Å². The second-order valence-corrected chi connectivity index (χ2v) is 5.16. The average molecular weight is 325 g/mol. The molecule has 19 heavy (non-hydrogen) atoms. The maximum atomic E-state index is 13.3. The summed E-state index contributed by atoms with van der Waals surface area (Å²) in [4.78, 5) is 0. The standard InChI is InChI=1S/C15H14BrFO2/c1-19-15-9-11(4-7-13(15)17)14(18)8-10-2-5-12(16)6-3-10/h2-7,9,14,18H,8H2,1H3. The van der Waals surface area contributed by atoms with Gasteiger partial charge >= 0.3 is 0 Å². The number of aliphatic hydroxyl groups is 1. The molecule has 2 aromatic carbocycles. The van der Waals surface area contributed by atoms with Crippen LogP contribution in [0.1, 0.15) is 17.2 Å². The Kier molecular flexibility index (Phi) is 4.56. The second-order valence-electron chi connectivity index (χ2n) is 4.24. The van der Waals surface area contributed by atoms with Gasteiger partial charge in [-0.25, -0.2) is 4.39 Å². The Bertz CT molecular complexity index is 555. The number of methoxy groups -OCH3 is 1. The Balaban J connectivity index is 2.15. The summed E-state index contributed by atoms with van der Waals surface area (Å²) >= 11 is 3.36. The third-order valence-electron chi connectivity index (χ3n) is 2.90. The topological polar surface area (TPSA) is 29.5 Å². The van der Waals surface area contributed by atoms with Crippen LogP contribution in [0.2, 0.25) is 0 Å². The molecule has 4 heteroatoms. The summed E-state index contributed by atoms with van der Waals surface area (Å²) in [7, 11) is 1.41. The number of rotatable bonds is 4. The van der Waals surface area contributed by atoms with E-state index in [1.165, 1.54) is 19.2 Å². The number of hydrogen-bond acceptors (Lipinski definition) is 2. The molecular formula is C15H14BrFO2. The van der Waals surface area contributed by atoms with Crippen LogP contribution in [0.3, 0.4) is 0 Å². The molecule has 0 spiro atoms. The van der Waals surface area contributed by atoms with Gasteiger partial charge in [-0.05, 0) is 35.4 Å². The number of benzene rings is 2. The SMILES string of the molecule is COc1cc(C(O)Cc2ccc(Br)cc2)ccc1F. The normalized spacial score (nSPS) is 12.2. The molecule has 2 rings (SSSR count). The Hall–Kier alpha value is -1.39. The van der Waals surface area contributed by atoms with Gasteiger partial charge in [0.25, 0.3) is 0 Å². The summed E-state index contributed by atoms with van der Waals surface area (Å²) < 4.78 is 19.2. The highest BCUT2D eigenvalue weighted by molar-refractivity contribution is 9.10. The summed E-state index contributed by atoms with van der Waals surface area (Å²) in [6.07, 6.45) is -0.210. The first-order valence-electron chi connectivity index (χ1n) is 5.86. The Morgan fingerprint density at radius 2 is 1.89 bits per heavy atom. The van der Waals surface area contributed by atoms with Crippen LogP contribution in [0, 0.1) is 5.82 Å². The summed E-state index contributed by atoms with van der Waals surface area (Å²) in [5, 5.41) is 10.2.